The Labute approximate surface area is 113 Å². The maximum Gasteiger partial charge on any atom is 0.292 e. The summed E-state index contributed by atoms with van der Waals surface area (Å²) in [6.45, 7) is 4.52. The molecule has 104 valence electrons. The highest BCUT2D eigenvalue weighted by Gasteiger charge is 2.32. The summed E-state index contributed by atoms with van der Waals surface area (Å²) in [6, 6.07) is 5.48. The fourth-order valence-corrected chi connectivity index (χ4v) is 2.32. The molecule has 0 heterocycles. The van der Waals surface area contributed by atoms with Gasteiger partial charge in [0, 0.05) is 18.7 Å². The van der Waals surface area contributed by atoms with Crippen molar-refractivity contribution < 1.29 is 10.0 Å². The molecular formula is C14H20N2O3. The summed E-state index contributed by atoms with van der Waals surface area (Å²) >= 11 is 0. The predicted octanol–water partition coefficient (Wildman–Crippen LogP) is 3.03. The van der Waals surface area contributed by atoms with Crippen molar-refractivity contribution in [1.82, 2.24) is 0 Å². The quantitative estimate of drug-likeness (QED) is 0.633. The van der Waals surface area contributed by atoms with E-state index < -0.39 is 6.10 Å². The molecule has 0 aromatic heterocycles. The van der Waals surface area contributed by atoms with E-state index in [9.17, 15) is 15.2 Å². The number of hydrogen-bond acceptors (Lipinski definition) is 4. The number of aliphatic hydroxyl groups is 1. The number of nitro benzene ring substituents is 1. The molecule has 1 saturated carbocycles. The minimum atomic E-state index is -0.687. The van der Waals surface area contributed by atoms with Gasteiger partial charge in [0.2, 0.25) is 0 Å². The smallest absolute Gasteiger partial charge is 0.292 e. The first-order valence-corrected chi connectivity index (χ1v) is 6.77. The van der Waals surface area contributed by atoms with Gasteiger partial charge < -0.3 is 10.0 Å². The molecule has 1 aromatic rings. The van der Waals surface area contributed by atoms with Crippen molar-refractivity contribution in [2.24, 2.45) is 0 Å². The van der Waals surface area contributed by atoms with Crippen LogP contribution in [0.25, 0.3) is 0 Å². The summed E-state index contributed by atoms with van der Waals surface area (Å²) in [5, 5.41) is 20.8. The van der Waals surface area contributed by atoms with Crippen LogP contribution < -0.4 is 4.90 Å². The monoisotopic (exact) mass is 264 g/mol. The van der Waals surface area contributed by atoms with E-state index in [1.54, 1.807) is 19.1 Å². The van der Waals surface area contributed by atoms with Crippen LogP contribution in [0.5, 0.6) is 0 Å². The number of anilines is 1. The Hall–Kier alpha value is -1.62. The second-order valence-corrected chi connectivity index (χ2v) is 5.11. The van der Waals surface area contributed by atoms with Gasteiger partial charge in [-0.05, 0) is 37.8 Å². The molecule has 5 nitrogen and oxygen atoms in total. The molecule has 0 unspecified atom stereocenters. The predicted molar refractivity (Wildman–Crippen MR) is 74.4 cm³/mol. The lowest BCUT2D eigenvalue weighted by Gasteiger charge is -2.24. The zero-order valence-electron chi connectivity index (χ0n) is 11.4. The van der Waals surface area contributed by atoms with E-state index in [0.29, 0.717) is 17.3 Å². The van der Waals surface area contributed by atoms with Gasteiger partial charge in [-0.15, -0.1) is 0 Å². The van der Waals surface area contributed by atoms with Gasteiger partial charge in [0.15, 0.2) is 0 Å². The van der Waals surface area contributed by atoms with Gasteiger partial charge in [-0.1, -0.05) is 13.0 Å². The molecule has 1 fully saturated rings. The molecule has 1 aliphatic rings. The first-order chi connectivity index (χ1) is 9.04. The summed E-state index contributed by atoms with van der Waals surface area (Å²) in [4.78, 5) is 13.0. The molecule has 0 spiro atoms. The molecule has 0 amide bonds. The minimum absolute atomic E-state index is 0.0961. The lowest BCUT2D eigenvalue weighted by Crippen LogP contribution is -2.27. The molecule has 0 bridgehead atoms. The Morgan fingerprint density at radius 2 is 2.21 bits per heavy atom. The van der Waals surface area contributed by atoms with Gasteiger partial charge in [0.05, 0.1) is 11.0 Å². The van der Waals surface area contributed by atoms with Crippen LogP contribution in [0, 0.1) is 10.1 Å². The minimum Gasteiger partial charge on any atom is -0.389 e. The standard InChI is InChI=1S/C14H20N2O3/c1-3-8-15(12-5-6-12)13-7-4-11(10(2)17)9-14(13)16(18)19/h4,7,9-10,12,17H,3,5-6,8H2,1-2H3/t10-/m0/s1. The van der Waals surface area contributed by atoms with Crippen molar-refractivity contribution in [3.05, 3.63) is 33.9 Å². The third kappa shape index (κ3) is 3.04. The van der Waals surface area contributed by atoms with Crippen LogP contribution in [0.15, 0.2) is 18.2 Å². The second kappa shape index (κ2) is 5.57. The van der Waals surface area contributed by atoms with E-state index >= 15 is 0 Å². The number of aliphatic hydroxyl groups excluding tert-OH is 1. The second-order valence-electron chi connectivity index (χ2n) is 5.11. The van der Waals surface area contributed by atoms with Crippen LogP contribution in [0.2, 0.25) is 0 Å². The Morgan fingerprint density at radius 3 is 2.68 bits per heavy atom. The number of benzene rings is 1. The zero-order chi connectivity index (χ0) is 14.0. The van der Waals surface area contributed by atoms with E-state index in [4.69, 9.17) is 0 Å². The van der Waals surface area contributed by atoms with E-state index in [2.05, 4.69) is 11.8 Å². The summed E-state index contributed by atoms with van der Waals surface area (Å²) in [6.07, 6.45) is 2.49. The molecule has 0 radical (unpaired) electrons. The van der Waals surface area contributed by atoms with Crippen LogP contribution >= 0.6 is 0 Å². The zero-order valence-corrected chi connectivity index (χ0v) is 11.4. The van der Waals surface area contributed by atoms with Crippen molar-refractivity contribution in [3.8, 4) is 0 Å². The van der Waals surface area contributed by atoms with E-state index in [1.165, 1.54) is 6.07 Å². The fraction of sp³-hybridized carbons (Fsp3) is 0.571. The maximum atomic E-state index is 11.2. The number of nitrogens with zero attached hydrogens (tertiary/aromatic N) is 2. The highest BCUT2D eigenvalue weighted by atomic mass is 16.6. The van der Waals surface area contributed by atoms with Crippen molar-refractivity contribution in [2.45, 2.75) is 45.3 Å². The molecule has 19 heavy (non-hydrogen) atoms. The highest BCUT2D eigenvalue weighted by Crippen LogP contribution is 2.38. The van der Waals surface area contributed by atoms with Crippen LogP contribution in [-0.2, 0) is 0 Å². The van der Waals surface area contributed by atoms with E-state index in [1.807, 2.05) is 0 Å². The van der Waals surface area contributed by atoms with Crippen molar-refractivity contribution in [2.75, 3.05) is 11.4 Å². The normalized spacial score (nSPS) is 16.2. The Kier molecular flexibility index (Phi) is 4.04. The van der Waals surface area contributed by atoms with Gasteiger partial charge >= 0.3 is 0 Å². The highest BCUT2D eigenvalue weighted by molar-refractivity contribution is 5.65. The molecule has 0 aliphatic heterocycles. The molecule has 1 N–H and O–H groups in total. The van der Waals surface area contributed by atoms with Crippen molar-refractivity contribution in [1.29, 1.82) is 0 Å². The third-order valence-corrected chi connectivity index (χ3v) is 3.44. The number of hydrogen-bond donors (Lipinski definition) is 1. The average Bonchev–Trinajstić information content (AvgIpc) is 3.19. The lowest BCUT2D eigenvalue weighted by molar-refractivity contribution is -0.384. The largest absolute Gasteiger partial charge is 0.389 e. The first kappa shape index (κ1) is 13.8. The van der Waals surface area contributed by atoms with Crippen LogP contribution in [-0.4, -0.2) is 22.6 Å². The van der Waals surface area contributed by atoms with Gasteiger partial charge in [-0.3, -0.25) is 10.1 Å². The van der Waals surface area contributed by atoms with E-state index in [-0.39, 0.29) is 10.6 Å². The van der Waals surface area contributed by atoms with Gasteiger partial charge in [0.25, 0.3) is 5.69 Å². The summed E-state index contributed by atoms with van der Waals surface area (Å²) in [7, 11) is 0. The molecular weight excluding hydrogens is 244 g/mol. The van der Waals surface area contributed by atoms with Crippen LogP contribution in [0.3, 0.4) is 0 Å². The summed E-state index contributed by atoms with van der Waals surface area (Å²) in [5.41, 5.74) is 1.36. The van der Waals surface area contributed by atoms with Gasteiger partial charge in [-0.2, -0.15) is 0 Å². The fourth-order valence-electron chi connectivity index (χ4n) is 2.32. The van der Waals surface area contributed by atoms with Crippen LogP contribution in [0.4, 0.5) is 11.4 Å². The molecule has 0 saturated heterocycles. The Balaban J connectivity index is 2.39. The molecule has 2 rings (SSSR count). The number of nitro groups is 1. The summed E-state index contributed by atoms with van der Waals surface area (Å²) in [5.74, 6) is 0. The number of rotatable bonds is 6. The topological polar surface area (TPSA) is 66.6 Å². The lowest BCUT2D eigenvalue weighted by atomic mass is 10.1. The van der Waals surface area contributed by atoms with E-state index in [0.717, 1.165) is 25.8 Å². The molecule has 5 heteroatoms. The van der Waals surface area contributed by atoms with Gasteiger partial charge in [0.1, 0.15) is 5.69 Å². The summed E-state index contributed by atoms with van der Waals surface area (Å²) < 4.78 is 0. The maximum absolute atomic E-state index is 11.2. The first-order valence-electron chi connectivity index (χ1n) is 6.77. The van der Waals surface area contributed by atoms with Crippen molar-refractivity contribution in [3.63, 3.8) is 0 Å². The molecule has 1 atom stereocenters. The van der Waals surface area contributed by atoms with Gasteiger partial charge in [-0.25, -0.2) is 0 Å². The Morgan fingerprint density at radius 1 is 1.53 bits per heavy atom. The van der Waals surface area contributed by atoms with Crippen LogP contribution in [0.1, 0.15) is 44.8 Å². The molecule has 1 aliphatic carbocycles. The third-order valence-electron chi connectivity index (χ3n) is 3.44. The Bertz CT molecular complexity index is 470. The average molecular weight is 264 g/mol. The van der Waals surface area contributed by atoms with Crippen molar-refractivity contribution >= 4 is 11.4 Å². The SMILES string of the molecule is CCCN(c1ccc([C@H](C)O)cc1[N+](=O)[O-])C1CC1. The molecule has 1 aromatic carbocycles.